The molecule has 1 heterocycles. The highest BCUT2D eigenvalue weighted by Gasteiger charge is 2.13. The second-order valence-corrected chi connectivity index (χ2v) is 3.81. The van der Waals surface area contributed by atoms with Gasteiger partial charge in [0.05, 0.1) is 4.88 Å². The lowest BCUT2D eigenvalue weighted by molar-refractivity contribution is 0.0998. The van der Waals surface area contributed by atoms with Crippen LogP contribution in [0.2, 0.25) is 0 Å². The van der Waals surface area contributed by atoms with Crippen LogP contribution in [0.3, 0.4) is 0 Å². The van der Waals surface area contributed by atoms with Crippen molar-refractivity contribution >= 4 is 17.1 Å². The van der Waals surface area contributed by atoms with Gasteiger partial charge in [-0.3, -0.25) is 4.79 Å². The van der Waals surface area contributed by atoms with Crippen molar-refractivity contribution in [3.8, 4) is 0 Å². The zero-order valence-electron chi connectivity index (χ0n) is 8.03. The van der Waals surface area contributed by atoms with E-state index in [1.807, 2.05) is 6.92 Å². The Bertz CT molecular complexity index is 292. The molecule has 4 heteroatoms. The first-order valence-electron chi connectivity index (χ1n) is 4.18. The minimum absolute atomic E-state index is 0.0260. The summed E-state index contributed by atoms with van der Waals surface area (Å²) in [5, 5.41) is 0.884. The lowest BCUT2D eigenvalue weighted by Gasteiger charge is -2.07. The van der Waals surface area contributed by atoms with E-state index in [9.17, 15) is 4.79 Å². The maximum absolute atomic E-state index is 11.0. The number of carbonyl (C=O) groups excluding carboxylic acids is 1. The molecule has 0 saturated heterocycles. The molecule has 72 valence electrons. The maximum Gasteiger partial charge on any atom is 0.171 e. The molecule has 0 saturated carbocycles. The third kappa shape index (κ3) is 2.35. The Morgan fingerprint density at radius 2 is 2.46 bits per heavy atom. The molecule has 13 heavy (non-hydrogen) atoms. The molecule has 0 amide bonds. The normalized spacial score (nSPS) is 12.8. The molecule has 0 aliphatic carbocycles. The molecule has 1 atom stereocenters. The topological polar surface area (TPSA) is 39.2 Å². The summed E-state index contributed by atoms with van der Waals surface area (Å²) in [6.07, 6.45) is 2.52. The van der Waals surface area contributed by atoms with Crippen molar-refractivity contribution in [2.75, 3.05) is 7.11 Å². The van der Waals surface area contributed by atoms with Gasteiger partial charge in [0.25, 0.3) is 0 Å². The van der Waals surface area contributed by atoms with Crippen LogP contribution in [0.1, 0.15) is 41.1 Å². The first-order valence-corrected chi connectivity index (χ1v) is 5.00. The first kappa shape index (κ1) is 10.3. The van der Waals surface area contributed by atoms with Crippen LogP contribution in [0.15, 0.2) is 6.20 Å². The van der Waals surface area contributed by atoms with Gasteiger partial charge >= 0.3 is 0 Å². The molecule has 0 aliphatic heterocycles. The van der Waals surface area contributed by atoms with Crippen molar-refractivity contribution < 1.29 is 9.53 Å². The van der Waals surface area contributed by atoms with Crippen LogP contribution in [-0.4, -0.2) is 17.9 Å². The smallest absolute Gasteiger partial charge is 0.171 e. The Morgan fingerprint density at radius 3 is 2.85 bits per heavy atom. The van der Waals surface area contributed by atoms with Crippen molar-refractivity contribution in [2.45, 2.75) is 26.4 Å². The molecule has 3 nitrogen and oxygen atoms in total. The Morgan fingerprint density at radius 1 is 1.77 bits per heavy atom. The number of ether oxygens (including phenoxy) is 1. The molecule has 0 aliphatic rings. The summed E-state index contributed by atoms with van der Waals surface area (Å²) >= 11 is 1.41. The number of ketones is 1. The summed E-state index contributed by atoms with van der Waals surface area (Å²) < 4.78 is 5.22. The minimum atomic E-state index is 0.0260. The van der Waals surface area contributed by atoms with Crippen molar-refractivity contribution in [3.63, 3.8) is 0 Å². The second kappa shape index (κ2) is 4.48. The Balaban J connectivity index is 2.84. The summed E-state index contributed by atoms with van der Waals surface area (Å²) in [6, 6.07) is 0. The molecular weight excluding hydrogens is 186 g/mol. The average Bonchev–Trinajstić information content (AvgIpc) is 2.56. The van der Waals surface area contributed by atoms with Crippen molar-refractivity contribution in [1.29, 1.82) is 0 Å². The third-order valence-corrected chi connectivity index (χ3v) is 2.99. The number of aromatic nitrogens is 1. The van der Waals surface area contributed by atoms with Crippen molar-refractivity contribution in [1.82, 2.24) is 4.98 Å². The largest absolute Gasteiger partial charge is 0.374 e. The van der Waals surface area contributed by atoms with Gasteiger partial charge in [0.1, 0.15) is 11.1 Å². The van der Waals surface area contributed by atoms with Gasteiger partial charge in [-0.05, 0) is 6.42 Å². The highest BCUT2D eigenvalue weighted by atomic mass is 32.1. The fourth-order valence-corrected chi connectivity index (χ4v) is 2.02. The lowest BCUT2D eigenvalue weighted by Crippen LogP contribution is -1.97. The average molecular weight is 199 g/mol. The second-order valence-electron chi connectivity index (χ2n) is 2.75. The zero-order valence-corrected chi connectivity index (χ0v) is 8.85. The lowest BCUT2D eigenvalue weighted by atomic mass is 10.3. The van der Waals surface area contributed by atoms with Gasteiger partial charge in [0.15, 0.2) is 5.78 Å². The van der Waals surface area contributed by atoms with E-state index in [0.717, 1.165) is 11.4 Å². The summed E-state index contributed by atoms with van der Waals surface area (Å²) in [7, 11) is 1.66. The van der Waals surface area contributed by atoms with Gasteiger partial charge in [-0.15, -0.1) is 11.3 Å². The first-order chi connectivity index (χ1) is 6.19. The number of rotatable bonds is 4. The molecule has 1 rings (SSSR count). The highest BCUT2D eigenvalue weighted by molar-refractivity contribution is 7.13. The molecule has 0 spiro atoms. The van der Waals surface area contributed by atoms with E-state index in [2.05, 4.69) is 4.98 Å². The fraction of sp³-hybridized carbons (Fsp3) is 0.556. The van der Waals surface area contributed by atoms with Gasteiger partial charge in [0, 0.05) is 20.2 Å². The van der Waals surface area contributed by atoms with Crippen LogP contribution in [0.5, 0.6) is 0 Å². The summed E-state index contributed by atoms with van der Waals surface area (Å²) in [6.45, 7) is 3.58. The number of thiazole rings is 1. The third-order valence-electron chi connectivity index (χ3n) is 1.80. The molecule has 1 aromatic heterocycles. The van der Waals surface area contributed by atoms with Gasteiger partial charge in [-0.2, -0.15) is 0 Å². The van der Waals surface area contributed by atoms with Crippen LogP contribution >= 0.6 is 11.3 Å². The molecule has 0 fully saturated rings. The predicted octanol–water partition coefficient (Wildman–Crippen LogP) is 2.44. The summed E-state index contributed by atoms with van der Waals surface area (Å²) in [5.41, 5.74) is 0. The van der Waals surface area contributed by atoms with Crippen molar-refractivity contribution in [2.24, 2.45) is 0 Å². The van der Waals surface area contributed by atoms with Crippen LogP contribution in [-0.2, 0) is 4.74 Å². The van der Waals surface area contributed by atoms with Gasteiger partial charge in [-0.1, -0.05) is 6.92 Å². The SMILES string of the molecule is CCC(OC)c1ncc(C(C)=O)s1. The number of carbonyl (C=O) groups is 1. The zero-order chi connectivity index (χ0) is 9.84. The molecule has 0 N–H and O–H groups in total. The number of Topliss-reactive ketones (excluding diaryl/α,β-unsaturated/α-hetero) is 1. The predicted molar refractivity (Wildman–Crippen MR) is 52.2 cm³/mol. The van der Waals surface area contributed by atoms with Crippen LogP contribution in [0, 0.1) is 0 Å². The molecule has 0 bridgehead atoms. The van der Waals surface area contributed by atoms with Crippen LogP contribution < -0.4 is 0 Å². The van der Waals surface area contributed by atoms with E-state index in [1.165, 1.54) is 11.3 Å². The molecular formula is C9H13NO2S. The van der Waals surface area contributed by atoms with E-state index < -0.39 is 0 Å². The number of hydrogen-bond acceptors (Lipinski definition) is 4. The highest BCUT2D eigenvalue weighted by Crippen LogP contribution is 2.25. The quantitative estimate of drug-likeness (QED) is 0.699. The monoisotopic (exact) mass is 199 g/mol. The number of hydrogen-bond donors (Lipinski definition) is 0. The van der Waals surface area contributed by atoms with E-state index in [1.54, 1.807) is 20.2 Å². The van der Waals surface area contributed by atoms with Crippen LogP contribution in [0.4, 0.5) is 0 Å². The van der Waals surface area contributed by atoms with E-state index >= 15 is 0 Å². The maximum atomic E-state index is 11.0. The van der Waals surface area contributed by atoms with E-state index in [0.29, 0.717) is 4.88 Å². The van der Waals surface area contributed by atoms with Gasteiger partial charge in [-0.25, -0.2) is 4.98 Å². The minimum Gasteiger partial charge on any atom is -0.374 e. The Labute approximate surface area is 81.8 Å². The molecule has 0 radical (unpaired) electrons. The van der Waals surface area contributed by atoms with Gasteiger partial charge in [0.2, 0.25) is 0 Å². The fourth-order valence-electron chi connectivity index (χ4n) is 1.04. The van der Waals surface area contributed by atoms with E-state index in [-0.39, 0.29) is 11.9 Å². The molecule has 0 aromatic carbocycles. The van der Waals surface area contributed by atoms with Crippen molar-refractivity contribution in [3.05, 3.63) is 16.1 Å². The Hall–Kier alpha value is -0.740. The Kier molecular flexibility index (Phi) is 3.57. The number of methoxy groups -OCH3 is 1. The summed E-state index contributed by atoms with van der Waals surface area (Å²) in [5.74, 6) is 0.0645. The van der Waals surface area contributed by atoms with E-state index in [4.69, 9.17) is 4.74 Å². The number of nitrogens with zero attached hydrogens (tertiary/aromatic N) is 1. The summed E-state index contributed by atoms with van der Waals surface area (Å²) in [4.78, 5) is 15.8. The van der Waals surface area contributed by atoms with Crippen LogP contribution in [0.25, 0.3) is 0 Å². The molecule has 1 aromatic rings. The van der Waals surface area contributed by atoms with Gasteiger partial charge < -0.3 is 4.74 Å². The standard InChI is InChI=1S/C9H13NO2S/c1-4-7(12-3)9-10-5-8(13-9)6(2)11/h5,7H,4H2,1-3H3. The molecule has 1 unspecified atom stereocenters.